The number of carbonyl (C=O) groups is 1. The van der Waals surface area contributed by atoms with Gasteiger partial charge in [-0.3, -0.25) is 5.32 Å². The monoisotopic (exact) mass is 315 g/mol. The van der Waals surface area contributed by atoms with Crippen molar-refractivity contribution in [2.45, 2.75) is 12.5 Å². The predicted molar refractivity (Wildman–Crippen MR) is 73.4 cm³/mol. The molecule has 0 saturated carbocycles. The van der Waals surface area contributed by atoms with Gasteiger partial charge >= 0.3 is 5.97 Å². The van der Waals surface area contributed by atoms with Crippen LogP contribution in [-0.4, -0.2) is 33.3 Å². The third-order valence-electron chi connectivity index (χ3n) is 2.78. The minimum absolute atomic E-state index is 0.322. The summed E-state index contributed by atoms with van der Waals surface area (Å²) < 4.78 is 10.8. The largest absolute Gasteiger partial charge is 0.467 e. The van der Waals surface area contributed by atoms with Crippen LogP contribution in [0.4, 0.5) is 0 Å². The maximum atomic E-state index is 12.0. The Labute approximate surface area is 116 Å². The molecule has 0 aliphatic heterocycles. The number of methoxy groups -OCH3 is 2. The molecule has 100 valence electrons. The Morgan fingerprint density at radius 1 is 1.44 bits per heavy atom. The molecule has 1 N–H and O–H groups in total. The fraction of sp³-hybridized carbons (Fsp3) is 0.462. The number of rotatable bonds is 6. The SMILES string of the molecule is COCCNC(C)(C(=O)OC)c1cccc(Br)c1. The maximum Gasteiger partial charge on any atom is 0.330 e. The highest BCUT2D eigenvalue weighted by Crippen LogP contribution is 2.25. The standard InChI is InChI=1S/C13H18BrNO3/c1-13(12(16)18-3,15-7-8-17-2)10-5-4-6-11(14)9-10/h4-6,9,15H,7-8H2,1-3H3. The van der Waals surface area contributed by atoms with Crippen molar-refractivity contribution in [3.63, 3.8) is 0 Å². The van der Waals surface area contributed by atoms with Crippen molar-refractivity contribution in [3.05, 3.63) is 34.3 Å². The van der Waals surface area contributed by atoms with Crippen molar-refractivity contribution >= 4 is 21.9 Å². The van der Waals surface area contributed by atoms with Gasteiger partial charge in [0, 0.05) is 18.1 Å². The summed E-state index contributed by atoms with van der Waals surface area (Å²) in [5, 5.41) is 3.17. The van der Waals surface area contributed by atoms with E-state index < -0.39 is 5.54 Å². The molecule has 0 saturated heterocycles. The van der Waals surface area contributed by atoms with E-state index >= 15 is 0 Å². The van der Waals surface area contributed by atoms with E-state index in [0.717, 1.165) is 10.0 Å². The Bertz CT molecular complexity index is 411. The van der Waals surface area contributed by atoms with Crippen LogP contribution in [0.3, 0.4) is 0 Å². The molecule has 0 amide bonds. The number of benzene rings is 1. The van der Waals surface area contributed by atoms with Crippen molar-refractivity contribution in [2.24, 2.45) is 0 Å². The summed E-state index contributed by atoms with van der Waals surface area (Å²) in [6.45, 7) is 2.89. The highest BCUT2D eigenvalue weighted by Gasteiger charge is 2.35. The summed E-state index contributed by atoms with van der Waals surface area (Å²) in [5.74, 6) is -0.322. The molecule has 0 heterocycles. The summed E-state index contributed by atoms with van der Waals surface area (Å²) in [6, 6.07) is 7.59. The number of esters is 1. The van der Waals surface area contributed by atoms with Crippen LogP contribution >= 0.6 is 15.9 Å². The minimum Gasteiger partial charge on any atom is -0.467 e. The van der Waals surface area contributed by atoms with Gasteiger partial charge in [-0.2, -0.15) is 0 Å². The first kappa shape index (κ1) is 15.1. The van der Waals surface area contributed by atoms with E-state index in [9.17, 15) is 4.79 Å². The second-order valence-corrected chi connectivity index (χ2v) is 4.96. The lowest BCUT2D eigenvalue weighted by Crippen LogP contribution is -2.48. The van der Waals surface area contributed by atoms with Crippen molar-refractivity contribution in [1.29, 1.82) is 0 Å². The summed E-state index contributed by atoms with van der Waals surface area (Å²) in [7, 11) is 3.01. The normalized spacial score (nSPS) is 14.0. The zero-order chi connectivity index (χ0) is 13.6. The number of ether oxygens (including phenoxy) is 2. The molecule has 0 radical (unpaired) electrons. The predicted octanol–water partition coefficient (Wildman–Crippen LogP) is 2.07. The van der Waals surface area contributed by atoms with E-state index in [1.807, 2.05) is 24.3 Å². The van der Waals surface area contributed by atoms with E-state index in [-0.39, 0.29) is 5.97 Å². The van der Waals surface area contributed by atoms with E-state index in [1.165, 1.54) is 7.11 Å². The van der Waals surface area contributed by atoms with E-state index in [2.05, 4.69) is 21.2 Å². The van der Waals surface area contributed by atoms with Gasteiger partial charge < -0.3 is 9.47 Å². The lowest BCUT2D eigenvalue weighted by atomic mass is 9.92. The quantitative estimate of drug-likeness (QED) is 0.645. The van der Waals surface area contributed by atoms with E-state index in [0.29, 0.717) is 13.2 Å². The number of carbonyl (C=O) groups excluding carboxylic acids is 1. The molecule has 1 aromatic rings. The van der Waals surface area contributed by atoms with E-state index in [4.69, 9.17) is 9.47 Å². The molecule has 0 aliphatic rings. The fourth-order valence-corrected chi connectivity index (χ4v) is 2.10. The Morgan fingerprint density at radius 2 is 2.17 bits per heavy atom. The second kappa shape index (κ2) is 6.87. The molecule has 1 aromatic carbocycles. The van der Waals surface area contributed by atoms with Crippen LogP contribution in [0, 0.1) is 0 Å². The Morgan fingerprint density at radius 3 is 2.72 bits per heavy atom. The summed E-state index contributed by atoms with van der Waals surface area (Å²) in [6.07, 6.45) is 0. The highest BCUT2D eigenvalue weighted by atomic mass is 79.9. The molecular formula is C13H18BrNO3. The number of nitrogens with one attached hydrogen (secondary N) is 1. The van der Waals surface area contributed by atoms with Gasteiger partial charge in [0.1, 0.15) is 5.54 Å². The summed E-state index contributed by atoms with van der Waals surface area (Å²) >= 11 is 3.40. The smallest absolute Gasteiger partial charge is 0.330 e. The third-order valence-corrected chi connectivity index (χ3v) is 3.27. The molecule has 18 heavy (non-hydrogen) atoms. The summed E-state index contributed by atoms with van der Waals surface area (Å²) in [4.78, 5) is 12.0. The molecule has 4 nitrogen and oxygen atoms in total. The van der Waals surface area contributed by atoms with Crippen LogP contribution < -0.4 is 5.32 Å². The van der Waals surface area contributed by atoms with Crippen molar-refractivity contribution in [2.75, 3.05) is 27.4 Å². The average molecular weight is 316 g/mol. The molecule has 0 bridgehead atoms. The first-order chi connectivity index (χ1) is 8.54. The molecule has 5 heteroatoms. The van der Waals surface area contributed by atoms with Gasteiger partial charge in [-0.25, -0.2) is 4.79 Å². The number of hydrogen-bond acceptors (Lipinski definition) is 4. The third kappa shape index (κ3) is 3.54. The maximum absolute atomic E-state index is 12.0. The number of halogens is 1. The highest BCUT2D eigenvalue weighted by molar-refractivity contribution is 9.10. The first-order valence-corrected chi connectivity index (χ1v) is 6.42. The molecule has 1 atom stereocenters. The zero-order valence-electron chi connectivity index (χ0n) is 10.8. The molecule has 1 unspecified atom stereocenters. The average Bonchev–Trinajstić information content (AvgIpc) is 2.37. The summed E-state index contributed by atoms with van der Waals surface area (Å²) in [5.41, 5.74) is -0.0309. The zero-order valence-corrected chi connectivity index (χ0v) is 12.4. The molecule has 0 aromatic heterocycles. The fourth-order valence-electron chi connectivity index (χ4n) is 1.70. The van der Waals surface area contributed by atoms with Crippen molar-refractivity contribution < 1.29 is 14.3 Å². The van der Waals surface area contributed by atoms with Crippen molar-refractivity contribution in [1.82, 2.24) is 5.32 Å². The Kier molecular flexibility index (Phi) is 5.78. The number of hydrogen-bond donors (Lipinski definition) is 1. The molecular weight excluding hydrogens is 298 g/mol. The molecule has 0 spiro atoms. The molecule has 0 aliphatic carbocycles. The van der Waals surface area contributed by atoms with Crippen LogP contribution in [0.2, 0.25) is 0 Å². The lowest BCUT2D eigenvalue weighted by molar-refractivity contribution is -0.148. The van der Waals surface area contributed by atoms with E-state index in [1.54, 1.807) is 14.0 Å². The van der Waals surface area contributed by atoms with Crippen molar-refractivity contribution in [3.8, 4) is 0 Å². The van der Waals surface area contributed by atoms with Gasteiger partial charge in [0.05, 0.1) is 13.7 Å². The molecule has 1 rings (SSSR count). The topological polar surface area (TPSA) is 47.6 Å². The van der Waals surface area contributed by atoms with Crippen LogP contribution in [0.1, 0.15) is 12.5 Å². The van der Waals surface area contributed by atoms with Gasteiger partial charge in [0.2, 0.25) is 0 Å². The van der Waals surface area contributed by atoms with Crippen LogP contribution in [0.25, 0.3) is 0 Å². The van der Waals surface area contributed by atoms with Crippen LogP contribution in [0.5, 0.6) is 0 Å². The van der Waals surface area contributed by atoms with Gasteiger partial charge in [-0.1, -0.05) is 28.1 Å². The van der Waals surface area contributed by atoms with Gasteiger partial charge in [0.15, 0.2) is 0 Å². The van der Waals surface area contributed by atoms with Crippen LogP contribution in [-0.2, 0) is 19.8 Å². The lowest BCUT2D eigenvalue weighted by Gasteiger charge is -2.28. The Hall–Kier alpha value is -0.910. The molecule has 0 fully saturated rings. The first-order valence-electron chi connectivity index (χ1n) is 5.63. The van der Waals surface area contributed by atoms with Gasteiger partial charge in [-0.05, 0) is 24.6 Å². The Balaban J connectivity index is 3.00. The van der Waals surface area contributed by atoms with Gasteiger partial charge in [-0.15, -0.1) is 0 Å². The van der Waals surface area contributed by atoms with Gasteiger partial charge in [0.25, 0.3) is 0 Å². The second-order valence-electron chi connectivity index (χ2n) is 4.05. The minimum atomic E-state index is -0.878. The van der Waals surface area contributed by atoms with Crippen LogP contribution in [0.15, 0.2) is 28.7 Å².